The lowest BCUT2D eigenvalue weighted by molar-refractivity contribution is 0.669. The molecule has 67 heavy (non-hydrogen) atoms. The fraction of sp³-hybridized carbons (Fsp3) is 0. The van der Waals surface area contributed by atoms with Crippen molar-refractivity contribution in [2.45, 2.75) is 0 Å². The van der Waals surface area contributed by atoms with Crippen molar-refractivity contribution in [1.82, 2.24) is 4.57 Å². The third kappa shape index (κ3) is 6.67. The quantitative estimate of drug-likeness (QED) is 0.152. The lowest BCUT2D eigenvalue weighted by Crippen LogP contribution is -2.11. The van der Waals surface area contributed by atoms with Gasteiger partial charge in [0.15, 0.2) is 0 Å². The van der Waals surface area contributed by atoms with Crippen LogP contribution in [0, 0.1) is 0 Å². The normalized spacial score (nSPS) is 11.6. The molecule has 314 valence electrons. The van der Waals surface area contributed by atoms with Crippen LogP contribution in [0.3, 0.4) is 0 Å². The first kappa shape index (κ1) is 38.5. The summed E-state index contributed by atoms with van der Waals surface area (Å²) in [6.45, 7) is 0. The number of rotatable bonds is 8. The van der Waals surface area contributed by atoms with Crippen molar-refractivity contribution in [1.29, 1.82) is 0 Å². The Morgan fingerprint density at radius 3 is 1.58 bits per heavy atom. The molecule has 0 radical (unpaired) electrons. The molecule has 0 fully saturated rings. The fourth-order valence-corrected chi connectivity index (χ4v) is 10.2. The van der Waals surface area contributed by atoms with Gasteiger partial charge in [-0.25, -0.2) is 0 Å². The van der Waals surface area contributed by atoms with Crippen LogP contribution in [-0.2, 0) is 0 Å². The molecule has 13 rings (SSSR count). The summed E-state index contributed by atoms with van der Waals surface area (Å²) in [7, 11) is 0. The molecule has 3 heteroatoms. The van der Waals surface area contributed by atoms with E-state index in [0.29, 0.717) is 0 Å². The molecule has 0 saturated heterocycles. The zero-order valence-corrected chi connectivity index (χ0v) is 36.6. The Hall–Kier alpha value is -8.92. The van der Waals surface area contributed by atoms with Crippen LogP contribution in [0.25, 0.3) is 105 Å². The Morgan fingerprint density at radius 1 is 0.299 bits per heavy atom. The van der Waals surface area contributed by atoms with E-state index in [-0.39, 0.29) is 0 Å². The van der Waals surface area contributed by atoms with Gasteiger partial charge in [-0.05, 0) is 129 Å². The number of aromatic nitrogens is 1. The second-order valence-electron chi connectivity index (χ2n) is 17.3. The van der Waals surface area contributed by atoms with Gasteiger partial charge in [0.2, 0.25) is 0 Å². The molecule has 0 unspecified atom stereocenters. The highest BCUT2D eigenvalue weighted by atomic mass is 16.3. The van der Waals surface area contributed by atoms with Gasteiger partial charge in [0.05, 0.1) is 16.7 Å². The Kier molecular flexibility index (Phi) is 9.17. The summed E-state index contributed by atoms with van der Waals surface area (Å²) < 4.78 is 8.57. The van der Waals surface area contributed by atoms with Gasteiger partial charge in [-0.15, -0.1) is 0 Å². The molecular weight excluding hydrogens is 813 g/mol. The summed E-state index contributed by atoms with van der Waals surface area (Å²) in [4.78, 5) is 2.41. The van der Waals surface area contributed by atoms with Gasteiger partial charge in [-0.3, -0.25) is 0 Å². The summed E-state index contributed by atoms with van der Waals surface area (Å²) in [6, 6.07) is 92.1. The van der Waals surface area contributed by atoms with Gasteiger partial charge in [0, 0.05) is 44.2 Å². The van der Waals surface area contributed by atoms with Gasteiger partial charge < -0.3 is 13.9 Å². The van der Waals surface area contributed by atoms with E-state index in [2.05, 4.69) is 252 Å². The van der Waals surface area contributed by atoms with Crippen LogP contribution in [0.15, 0.2) is 259 Å². The molecule has 0 aliphatic heterocycles. The minimum Gasteiger partial charge on any atom is -0.456 e. The SMILES string of the molecule is c1ccc(-c2cc(-c3cccc(-n4c5ccccc5c5ccccc54)c3)ccc2N(c2ccc(-c3ccc4oc5ccccc5c4c3)cc2)c2ccc(-c3cccc4ccccc34)cc2)cc1. The smallest absolute Gasteiger partial charge is 0.135 e. The maximum absolute atomic E-state index is 6.18. The number of fused-ring (bicyclic) bond motifs is 7. The van der Waals surface area contributed by atoms with Crippen LogP contribution in [0.2, 0.25) is 0 Å². The fourth-order valence-electron chi connectivity index (χ4n) is 10.2. The monoisotopic (exact) mass is 854 g/mol. The molecule has 2 heterocycles. The highest BCUT2D eigenvalue weighted by molar-refractivity contribution is 6.09. The van der Waals surface area contributed by atoms with Crippen molar-refractivity contribution in [3.8, 4) is 50.2 Å². The number of anilines is 3. The van der Waals surface area contributed by atoms with E-state index in [1.807, 2.05) is 12.1 Å². The van der Waals surface area contributed by atoms with Crippen LogP contribution in [-0.4, -0.2) is 4.57 Å². The summed E-state index contributed by atoms with van der Waals surface area (Å²) in [5.74, 6) is 0. The lowest BCUT2D eigenvalue weighted by atomic mass is 9.95. The van der Waals surface area contributed by atoms with Gasteiger partial charge in [-0.2, -0.15) is 0 Å². The minimum atomic E-state index is 0.898. The molecule has 0 spiro atoms. The highest BCUT2D eigenvalue weighted by Crippen LogP contribution is 2.45. The predicted molar refractivity (Wildman–Crippen MR) is 282 cm³/mol. The minimum absolute atomic E-state index is 0.898. The van der Waals surface area contributed by atoms with E-state index >= 15 is 0 Å². The molecule has 0 saturated carbocycles. The van der Waals surface area contributed by atoms with Crippen LogP contribution >= 0.6 is 0 Å². The van der Waals surface area contributed by atoms with Crippen molar-refractivity contribution in [3.63, 3.8) is 0 Å². The lowest BCUT2D eigenvalue weighted by Gasteiger charge is -2.29. The number of hydrogen-bond acceptors (Lipinski definition) is 2. The number of furan rings is 1. The molecule has 0 aliphatic rings. The molecule has 0 aliphatic carbocycles. The average Bonchev–Trinajstić information content (AvgIpc) is 3.95. The molecule has 0 amide bonds. The van der Waals surface area contributed by atoms with Gasteiger partial charge in [0.25, 0.3) is 0 Å². The van der Waals surface area contributed by atoms with Crippen LogP contribution in [0.5, 0.6) is 0 Å². The van der Waals surface area contributed by atoms with E-state index in [0.717, 1.165) is 78.1 Å². The van der Waals surface area contributed by atoms with E-state index in [4.69, 9.17) is 4.42 Å². The zero-order valence-electron chi connectivity index (χ0n) is 36.6. The highest BCUT2D eigenvalue weighted by Gasteiger charge is 2.20. The van der Waals surface area contributed by atoms with E-state index < -0.39 is 0 Å². The van der Waals surface area contributed by atoms with Gasteiger partial charge >= 0.3 is 0 Å². The van der Waals surface area contributed by atoms with Crippen molar-refractivity contribution < 1.29 is 4.42 Å². The van der Waals surface area contributed by atoms with Crippen molar-refractivity contribution in [2.75, 3.05) is 4.90 Å². The van der Waals surface area contributed by atoms with Gasteiger partial charge in [0.1, 0.15) is 11.2 Å². The molecule has 0 N–H and O–H groups in total. The van der Waals surface area contributed by atoms with Crippen LogP contribution in [0.1, 0.15) is 0 Å². The molecule has 2 aromatic heterocycles. The number of benzene rings is 11. The molecule has 3 nitrogen and oxygen atoms in total. The number of nitrogens with zero attached hydrogens (tertiary/aromatic N) is 2. The Labute approximate surface area is 388 Å². The van der Waals surface area contributed by atoms with E-state index in [1.165, 1.54) is 43.7 Å². The molecule has 0 atom stereocenters. The third-order valence-electron chi connectivity index (χ3n) is 13.4. The molecular formula is C64H42N2O. The first-order valence-corrected chi connectivity index (χ1v) is 22.9. The Morgan fingerprint density at radius 2 is 0.821 bits per heavy atom. The zero-order chi connectivity index (χ0) is 44.3. The molecule has 13 aromatic rings. The first-order chi connectivity index (χ1) is 33.2. The Balaban J connectivity index is 0.954. The van der Waals surface area contributed by atoms with Crippen molar-refractivity contribution in [2.24, 2.45) is 0 Å². The largest absolute Gasteiger partial charge is 0.456 e. The van der Waals surface area contributed by atoms with Crippen molar-refractivity contribution in [3.05, 3.63) is 255 Å². The maximum Gasteiger partial charge on any atom is 0.135 e. The number of hydrogen-bond donors (Lipinski definition) is 0. The van der Waals surface area contributed by atoms with Crippen LogP contribution in [0.4, 0.5) is 17.1 Å². The second kappa shape index (κ2) is 16.0. The first-order valence-electron chi connectivity index (χ1n) is 22.9. The molecule has 11 aromatic carbocycles. The van der Waals surface area contributed by atoms with Gasteiger partial charge in [-0.1, -0.05) is 176 Å². The summed E-state index contributed by atoms with van der Waals surface area (Å²) in [5.41, 5.74) is 17.8. The van der Waals surface area contributed by atoms with E-state index in [9.17, 15) is 0 Å². The topological polar surface area (TPSA) is 21.3 Å². The summed E-state index contributed by atoms with van der Waals surface area (Å²) in [6.07, 6.45) is 0. The second-order valence-corrected chi connectivity index (χ2v) is 17.3. The maximum atomic E-state index is 6.18. The standard InChI is InChI=1S/C64H42N2O/c1-2-14-45(15-3-1)58-41-49(47-18-12-19-52(40-47)66-60-25-9-6-21-55(60)56-22-7-10-26-61(56)66)32-38-62(58)65(51-36-30-46(31-37-51)54-24-13-17-44-16-4-5-20-53(44)54)50-34-28-43(29-35-50)48-33-39-64-59(42-48)57-23-8-11-27-63(57)67-64/h1-42H. The Bertz CT molecular complexity index is 3910. The summed E-state index contributed by atoms with van der Waals surface area (Å²) >= 11 is 0. The molecule has 0 bridgehead atoms. The third-order valence-corrected chi connectivity index (χ3v) is 13.4. The van der Waals surface area contributed by atoms with Crippen molar-refractivity contribution >= 4 is 71.6 Å². The van der Waals surface area contributed by atoms with Crippen LogP contribution < -0.4 is 4.90 Å². The number of para-hydroxylation sites is 3. The predicted octanol–water partition coefficient (Wildman–Crippen LogP) is 18.0. The van der Waals surface area contributed by atoms with E-state index in [1.54, 1.807) is 0 Å². The average molecular weight is 855 g/mol. The summed E-state index contributed by atoms with van der Waals surface area (Å²) in [5, 5.41) is 7.24.